The van der Waals surface area contributed by atoms with E-state index in [0.717, 1.165) is 11.8 Å². The van der Waals surface area contributed by atoms with Gasteiger partial charge in [0, 0.05) is 5.56 Å². The van der Waals surface area contributed by atoms with E-state index >= 15 is 0 Å². The van der Waals surface area contributed by atoms with Crippen LogP contribution in [0.15, 0.2) is 64.5 Å². The predicted octanol–water partition coefficient (Wildman–Crippen LogP) is 4.53. The second-order valence-electron chi connectivity index (χ2n) is 7.50. The molecule has 0 spiro atoms. The maximum absolute atomic E-state index is 13.7. The molecule has 0 saturated heterocycles. The molecular weight excluding hydrogens is 487 g/mol. The summed E-state index contributed by atoms with van der Waals surface area (Å²) in [7, 11) is 5.86. The minimum absolute atomic E-state index is 0.0120. The number of thioether (sulfide) groups is 1. The van der Waals surface area contributed by atoms with Crippen LogP contribution in [-0.4, -0.2) is 49.5 Å². The first kappa shape index (κ1) is 25.1. The van der Waals surface area contributed by atoms with Gasteiger partial charge in [0.05, 0.1) is 45.3 Å². The van der Waals surface area contributed by atoms with Crippen LogP contribution in [0, 0.1) is 5.82 Å². The molecule has 0 unspecified atom stereocenters. The first-order chi connectivity index (χ1) is 17.4. The molecule has 0 radical (unpaired) electrons. The van der Waals surface area contributed by atoms with Crippen LogP contribution in [-0.2, 0) is 0 Å². The number of fused-ring (bicyclic) bond motifs is 1. The molecule has 0 saturated carbocycles. The third-order valence-corrected chi connectivity index (χ3v) is 6.38. The summed E-state index contributed by atoms with van der Waals surface area (Å²) < 4.78 is 36.5. The van der Waals surface area contributed by atoms with Gasteiger partial charge in [-0.05, 0) is 42.5 Å². The van der Waals surface area contributed by atoms with Gasteiger partial charge in [-0.15, -0.1) is 0 Å². The van der Waals surface area contributed by atoms with Gasteiger partial charge in [-0.25, -0.2) is 9.37 Å². The van der Waals surface area contributed by atoms with Gasteiger partial charge in [-0.3, -0.25) is 14.2 Å². The summed E-state index contributed by atoms with van der Waals surface area (Å²) in [6.45, 7) is 0. The molecule has 10 heteroatoms. The molecule has 4 aromatic rings. The lowest BCUT2D eigenvalue weighted by atomic mass is 10.1. The van der Waals surface area contributed by atoms with Crippen molar-refractivity contribution < 1.29 is 28.1 Å². The number of benzene rings is 3. The van der Waals surface area contributed by atoms with Crippen molar-refractivity contribution in [2.24, 2.45) is 0 Å². The lowest BCUT2D eigenvalue weighted by Gasteiger charge is -2.17. The number of aromatic nitrogens is 2. The highest BCUT2D eigenvalue weighted by atomic mass is 32.2. The second kappa shape index (κ2) is 10.7. The molecule has 3 aromatic carbocycles. The minimum Gasteiger partial charge on any atom is -0.497 e. The van der Waals surface area contributed by atoms with Gasteiger partial charge in [0.25, 0.3) is 5.56 Å². The molecule has 0 atom stereocenters. The summed E-state index contributed by atoms with van der Waals surface area (Å²) in [6.07, 6.45) is 0. The number of carbonyl (C=O) groups excluding carboxylic acids is 1. The van der Waals surface area contributed by atoms with Gasteiger partial charge >= 0.3 is 0 Å². The molecule has 4 rings (SSSR count). The highest BCUT2D eigenvalue weighted by Crippen LogP contribution is 2.42. The summed E-state index contributed by atoms with van der Waals surface area (Å²) in [5.74, 6) is 0.707. The Morgan fingerprint density at radius 3 is 2.31 bits per heavy atom. The number of Topliss-reactive ketones (excluding diaryl/α,β-unsaturated/α-hetero) is 1. The molecule has 0 N–H and O–H groups in total. The van der Waals surface area contributed by atoms with E-state index in [-0.39, 0.29) is 39.1 Å². The molecule has 8 nitrogen and oxygen atoms in total. The third kappa shape index (κ3) is 4.72. The molecule has 0 aliphatic rings. The van der Waals surface area contributed by atoms with Crippen molar-refractivity contribution in [2.75, 3.05) is 34.2 Å². The highest BCUT2D eigenvalue weighted by Gasteiger charge is 2.23. The van der Waals surface area contributed by atoms with Crippen molar-refractivity contribution in [1.29, 1.82) is 0 Å². The van der Waals surface area contributed by atoms with E-state index in [1.165, 1.54) is 63.3 Å². The number of ketones is 1. The predicted molar refractivity (Wildman–Crippen MR) is 135 cm³/mol. The van der Waals surface area contributed by atoms with E-state index < -0.39 is 11.4 Å². The van der Waals surface area contributed by atoms with Crippen molar-refractivity contribution in [1.82, 2.24) is 9.55 Å². The Bertz CT molecular complexity index is 1490. The normalized spacial score (nSPS) is 10.8. The van der Waals surface area contributed by atoms with Crippen LogP contribution in [0.3, 0.4) is 0 Å². The molecule has 186 valence electrons. The average Bonchev–Trinajstić information content (AvgIpc) is 2.91. The zero-order valence-corrected chi connectivity index (χ0v) is 20.8. The van der Waals surface area contributed by atoms with Gasteiger partial charge in [-0.2, -0.15) is 0 Å². The number of ether oxygens (including phenoxy) is 4. The van der Waals surface area contributed by atoms with Crippen LogP contribution >= 0.6 is 11.8 Å². The summed E-state index contributed by atoms with van der Waals surface area (Å²) >= 11 is 1.07. The number of hydrogen-bond donors (Lipinski definition) is 0. The summed E-state index contributed by atoms with van der Waals surface area (Å²) in [4.78, 5) is 31.3. The van der Waals surface area contributed by atoms with Gasteiger partial charge in [0.1, 0.15) is 17.1 Å². The molecule has 0 fully saturated rings. The zero-order chi connectivity index (χ0) is 25.8. The number of halogens is 1. The second-order valence-corrected chi connectivity index (χ2v) is 8.44. The first-order valence-corrected chi connectivity index (χ1v) is 11.7. The van der Waals surface area contributed by atoms with E-state index in [0.29, 0.717) is 22.7 Å². The fourth-order valence-electron chi connectivity index (χ4n) is 3.69. The molecule has 0 aliphatic carbocycles. The Morgan fingerprint density at radius 2 is 1.67 bits per heavy atom. The van der Waals surface area contributed by atoms with Crippen LogP contribution in [0.25, 0.3) is 16.6 Å². The fourth-order valence-corrected chi connectivity index (χ4v) is 4.59. The third-order valence-electron chi connectivity index (χ3n) is 5.44. The molecule has 0 aliphatic heterocycles. The monoisotopic (exact) mass is 510 g/mol. The lowest BCUT2D eigenvalue weighted by Crippen LogP contribution is -2.22. The number of rotatable bonds is 9. The van der Waals surface area contributed by atoms with Crippen molar-refractivity contribution in [2.45, 2.75) is 5.16 Å². The van der Waals surface area contributed by atoms with Crippen LogP contribution < -0.4 is 24.5 Å². The molecule has 36 heavy (non-hydrogen) atoms. The molecule has 0 bridgehead atoms. The topological polar surface area (TPSA) is 88.9 Å². The van der Waals surface area contributed by atoms with Crippen LogP contribution in [0.5, 0.6) is 23.0 Å². The SMILES string of the molecule is COc1cccc(C(=O)CSc2nc3c(OC)c(OC)c(OC)cc3c(=O)n2-c2ccc(F)cc2)c1. The van der Waals surface area contributed by atoms with E-state index in [1.54, 1.807) is 24.3 Å². The van der Waals surface area contributed by atoms with E-state index in [2.05, 4.69) is 4.98 Å². The smallest absolute Gasteiger partial charge is 0.266 e. The summed E-state index contributed by atoms with van der Waals surface area (Å²) in [6, 6.07) is 13.7. The lowest BCUT2D eigenvalue weighted by molar-refractivity contribution is 0.102. The van der Waals surface area contributed by atoms with Crippen LogP contribution in [0.1, 0.15) is 10.4 Å². The van der Waals surface area contributed by atoms with Crippen molar-refractivity contribution in [3.8, 4) is 28.7 Å². The number of carbonyl (C=O) groups is 1. The number of hydrogen-bond acceptors (Lipinski definition) is 8. The maximum Gasteiger partial charge on any atom is 0.266 e. The minimum atomic E-state index is -0.448. The van der Waals surface area contributed by atoms with E-state index in [1.807, 2.05) is 0 Å². The Morgan fingerprint density at radius 1 is 0.944 bits per heavy atom. The number of nitrogens with zero attached hydrogens (tertiary/aromatic N) is 2. The Hall–Kier alpha value is -4.05. The van der Waals surface area contributed by atoms with Gasteiger partial charge in [-0.1, -0.05) is 23.9 Å². The molecular formula is C26H23FN2O6S. The van der Waals surface area contributed by atoms with Crippen molar-refractivity contribution in [3.63, 3.8) is 0 Å². The average molecular weight is 511 g/mol. The van der Waals surface area contributed by atoms with Gasteiger partial charge < -0.3 is 18.9 Å². The highest BCUT2D eigenvalue weighted by molar-refractivity contribution is 7.99. The summed E-state index contributed by atoms with van der Waals surface area (Å²) in [5.41, 5.74) is 0.653. The van der Waals surface area contributed by atoms with Crippen molar-refractivity contribution in [3.05, 3.63) is 76.3 Å². The van der Waals surface area contributed by atoms with Gasteiger partial charge in [0.15, 0.2) is 22.4 Å². The van der Waals surface area contributed by atoms with Crippen molar-refractivity contribution >= 4 is 28.4 Å². The van der Waals surface area contributed by atoms with Crippen LogP contribution in [0.4, 0.5) is 4.39 Å². The molecule has 1 aromatic heterocycles. The van der Waals surface area contributed by atoms with Gasteiger partial charge in [0.2, 0.25) is 5.75 Å². The zero-order valence-electron chi connectivity index (χ0n) is 20.0. The quantitative estimate of drug-likeness (QED) is 0.184. The van der Waals surface area contributed by atoms with E-state index in [9.17, 15) is 14.0 Å². The Labute approximate surface area is 210 Å². The maximum atomic E-state index is 13.7. The van der Waals surface area contributed by atoms with Crippen LogP contribution in [0.2, 0.25) is 0 Å². The summed E-state index contributed by atoms with van der Waals surface area (Å²) in [5, 5.41) is 0.429. The Balaban J connectivity index is 1.88. The Kier molecular flexibility index (Phi) is 7.44. The number of methoxy groups -OCH3 is 4. The largest absolute Gasteiger partial charge is 0.497 e. The standard InChI is InChI=1S/C26H23FN2O6S/c1-32-18-7-5-6-15(12-18)20(30)14-36-26-28-22-19(13-21(33-2)23(34-3)24(22)35-4)25(31)29(26)17-10-8-16(27)9-11-17/h5-13H,14H2,1-4H3. The van der Waals surface area contributed by atoms with E-state index in [4.69, 9.17) is 18.9 Å². The molecule has 0 amide bonds. The fraction of sp³-hybridized carbons (Fsp3) is 0.192. The molecule has 1 heterocycles. The first-order valence-electron chi connectivity index (χ1n) is 10.7.